The third-order valence-electron chi connectivity index (χ3n) is 7.41. The number of fused-ring (bicyclic) bond motifs is 2. The first kappa shape index (κ1) is 25.4. The summed E-state index contributed by atoms with van der Waals surface area (Å²) in [4.78, 5) is 52.4. The Balaban J connectivity index is 1.51. The minimum Gasteiger partial charge on any atom is -0.457 e. The highest BCUT2D eigenvalue weighted by Gasteiger charge is 2.25. The van der Waals surface area contributed by atoms with E-state index < -0.39 is 27.8 Å². The number of hydrogen-bond acceptors (Lipinski definition) is 5. The predicted octanol–water partition coefficient (Wildman–Crippen LogP) is 5.14. The second-order valence-electron chi connectivity index (χ2n) is 11.4. The molecule has 0 aliphatic heterocycles. The second-order valence-corrected chi connectivity index (χ2v) is 11.4. The molecule has 0 fully saturated rings. The highest BCUT2D eigenvalue weighted by molar-refractivity contribution is 5.98. The van der Waals surface area contributed by atoms with Crippen molar-refractivity contribution in [2.24, 2.45) is 0 Å². The van der Waals surface area contributed by atoms with Crippen LogP contribution >= 0.6 is 0 Å². The summed E-state index contributed by atoms with van der Waals surface area (Å²) in [6, 6.07) is 17.4. The SMILES string of the molecule is CCC(C)(C)c1ccc(Oc2ccc(-n3c(=O)c4cc5c(=O)n(C(C)(C)C)c(=O)c5cc4c3=O)cc2)cc1. The smallest absolute Gasteiger partial charge is 0.266 e. The average molecular weight is 511 g/mol. The summed E-state index contributed by atoms with van der Waals surface area (Å²) in [6.45, 7) is 11.8. The van der Waals surface area contributed by atoms with Crippen molar-refractivity contribution in [3.8, 4) is 17.2 Å². The molecule has 7 heteroatoms. The van der Waals surface area contributed by atoms with Gasteiger partial charge in [-0.2, -0.15) is 0 Å². The van der Waals surface area contributed by atoms with E-state index in [-0.39, 0.29) is 27.0 Å². The number of aromatic nitrogens is 2. The molecule has 0 aliphatic carbocycles. The Morgan fingerprint density at radius 2 is 1.05 bits per heavy atom. The van der Waals surface area contributed by atoms with Crippen LogP contribution in [0.5, 0.6) is 11.5 Å². The van der Waals surface area contributed by atoms with E-state index >= 15 is 0 Å². The minimum atomic E-state index is -0.727. The molecule has 2 heterocycles. The summed E-state index contributed by atoms with van der Waals surface area (Å²) in [7, 11) is 0. The highest BCUT2D eigenvalue weighted by atomic mass is 16.5. The number of hydrogen-bond donors (Lipinski definition) is 0. The maximum Gasteiger partial charge on any atom is 0.266 e. The molecule has 5 aromatic rings. The van der Waals surface area contributed by atoms with Crippen LogP contribution in [-0.2, 0) is 11.0 Å². The first-order valence-corrected chi connectivity index (χ1v) is 12.7. The van der Waals surface area contributed by atoms with Crippen LogP contribution in [-0.4, -0.2) is 9.13 Å². The summed E-state index contributed by atoms with van der Waals surface area (Å²) in [5.41, 5.74) is -1.05. The van der Waals surface area contributed by atoms with E-state index in [9.17, 15) is 19.2 Å². The third-order valence-corrected chi connectivity index (χ3v) is 7.41. The van der Waals surface area contributed by atoms with Crippen molar-refractivity contribution < 1.29 is 4.74 Å². The van der Waals surface area contributed by atoms with Crippen LogP contribution in [0.25, 0.3) is 27.2 Å². The van der Waals surface area contributed by atoms with Crippen LogP contribution in [0.1, 0.15) is 53.5 Å². The zero-order valence-electron chi connectivity index (χ0n) is 22.4. The van der Waals surface area contributed by atoms with Crippen molar-refractivity contribution in [2.75, 3.05) is 0 Å². The number of rotatable bonds is 5. The standard InChI is InChI=1S/C31H30N2O5/c1-7-31(5,6)18-8-12-20(13-9-18)38-21-14-10-19(11-15-21)32-26(34)22-16-24-25(17-23(22)27(32)35)29(37)33(28(24)36)30(2,3)4/h8-17H,7H2,1-6H3. The van der Waals surface area contributed by atoms with Gasteiger partial charge in [0.15, 0.2) is 0 Å². The van der Waals surface area contributed by atoms with Crippen molar-refractivity contribution >= 4 is 21.5 Å². The maximum atomic E-state index is 13.3. The molecule has 7 nitrogen and oxygen atoms in total. The molecule has 194 valence electrons. The first-order chi connectivity index (χ1) is 17.8. The molecule has 0 amide bonds. The zero-order chi connectivity index (χ0) is 27.6. The Kier molecular flexibility index (Phi) is 5.78. The summed E-state index contributed by atoms with van der Waals surface area (Å²) in [5.74, 6) is 1.24. The molecule has 0 saturated carbocycles. The molecule has 5 rings (SSSR count). The molecule has 0 bridgehead atoms. The van der Waals surface area contributed by atoms with Gasteiger partial charge in [0.1, 0.15) is 11.5 Å². The Labute approximate surface area is 219 Å². The summed E-state index contributed by atoms with van der Waals surface area (Å²) >= 11 is 0. The van der Waals surface area contributed by atoms with Gasteiger partial charge >= 0.3 is 0 Å². The van der Waals surface area contributed by atoms with Crippen molar-refractivity contribution in [3.63, 3.8) is 0 Å². The molecule has 0 aliphatic rings. The number of nitrogens with zero attached hydrogens (tertiary/aromatic N) is 2. The van der Waals surface area contributed by atoms with Crippen LogP contribution in [0.3, 0.4) is 0 Å². The van der Waals surface area contributed by atoms with Gasteiger partial charge in [0.2, 0.25) is 0 Å². The van der Waals surface area contributed by atoms with Gasteiger partial charge in [0, 0.05) is 5.54 Å². The van der Waals surface area contributed by atoms with Crippen LogP contribution in [0.2, 0.25) is 0 Å². The lowest BCUT2D eigenvalue weighted by Crippen LogP contribution is -2.38. The lowest BCUT2D eigenvalue weighted by Gasteiger charge is -2.23. The molecule has 0 saturated heterocycles. The quantitative estimate of drug-likeness (QED) is 0.327. The van der Waals surface area contributed by atoms with Crippen LogP contribution in [0.4, 0.5) is 0 Å². The Bertz CT molecular complexity index is 1810. The summed E-state index contributed by atoms with van der Waals surface area (Å²) < 4.78 is 8.18. The van der Waals surface area contributed by atoms with E-state index in [0.29, 0.717) is 17.2 Å². The maximum absolute atomic E-state index is 13.3. The molecule has 3 aromatic carbocycles. The van der Waals surface area contributed by atoms with Crippen LogP contribution in [0, 0.1) is 0 Å². The molecular formula is C31H30N2O5. The fraction of sp³-hybridized carbons (Fsp3) is 0.290. The monoisotopic (exact) mass is 510 g/mol. The third kappa shape index (κ3) is 3.99. The second kappa shape index (κ2) is 8.65. The van der Waals surface area contributed by atoms with Crippen molar-refractivity contribution in [1.82, 2.24) is 9.13 Å². The predicted molar refractivity (Wildman–Crippen MR) is 151 cm³/mol. The Morgan fingerprint density at radius 3 is 1.47 bits per heavy atom. The van der Waals surface area contributed by atoms with Gasteiger partial charge in [0.05, 0.1) is 27.2 Å². The minimum absolute atomic E-state index is 0.0826. The van der Waals surface area contributed by atoms with Gasteiger partial charge in [0.25, 0.3) is 22.2 Å². The number of ether oxygens (including phenoxy) is 1. The van der Waals surface area contributed by atoms with E-state index in [1.54, 1.807) is 45.0 Å². The van der Waals surface area contributed by atoms with E-state index in [4.69, 9.17) is 4.74 Å². The largest absolute Gasteiger partial charge is 0.457 e. The fourth-order valence-corrected chi connectivity index (χ4v) is 4.80. The van der Waals surface area contributed by atoms with Gasteiger partial charge in [-0.05, 0) is 86.7 Å². The Morgan fingerprint density at radius 1 is 0.632 bits per heavy atom. The van der Waals surface area contributed by atoms with Gasteiger partial charge in [-0.25, -0.2) is 4.57 Å². The molecule has 0 radical (unpaired) electrons. The van der Waals surface area contributed by atoms with Gasteiger partial charge in [-0.1, -0.05) is 32.9 Å². The van der Waals surface area contributed by atoms with Crippen molar-refractivity contribution in [3.05, 3.63) is 108 Å². The lowest BCUT2D eigenvalue weighted by atomic mass is 9.82. The lowest BCUT2D eigenvalue weighted by molar-refractivity contribution is 0.380. The summed E-state index contributed by atoms with van der Waals surface area (Å²) in [5, 5.41) is 0.509. The molecule has 0 atom stereocenters. The van der Waals surface area contributed by atoms with Crippen LogP contribution in [0.15, 0.2) is 79.8 Å². The van der Waals surface area contributed by atoms with E-state index in [0.717, 1.165) is 15.6 Å². The molecular weight excluding hydrogens is 480 g/mol. The molecule has 0 unspecified atom stereocenters. The molecule has 0 N–H and O–H groups in total. The topological polar surface area (TPSA) is 87.4 Å². The van der Waals surface area contributed by atoms with Crippen LogP contribution < -0.4 is 27.0 Å². The van der Waals surface area contributed by atoms with E-state index in [1.807, 2.05) is 12.1 Å². The van der Waals surface area contributed by atoms with E-state index in [2.05, 4.69) is 32.9 Å². The fourth-order valence-electron chi connectivity index (χ4n) is 4.80. The van der Waals surface area contributed by atoms with Gasteiger partial charge in [-0.3, -0.25) is 23.7 Å². The average Bonchev–Trinajstić information content (AvgIpc) is 3.27. The number of benzene rings is 3. The van der Waals surface area contributed by atoms with E-state index in [1.165, 1.54) is 17.7 Å². The molecule has 2 aromatic heterocycles. The normalized spacial score (nSPS) is 12.5. The Hall–Kier alpha value is -4.26. The first-order valence-electron chi connectivity index (χ1n) is 12.7. The molecule has 38 heavy (non-hydrogen) atoms. The van der Waals surface area contributed by atoms with Crippen molar-refractivity contribution in [1.29, 1.82) is 0 Å². The van der Waals surface area contributed by atoms with Gasteiger partial charge < -0.3 is 4.74 Å². The van der Waals surface area contributed by atoms with Crippen molar-refractivity contribution in [2.45, 2.75) is 58.9 Å². The highest BCUT2D eigenvalue weighted by Crippen LogP contribution is 2.30. The zero-order valence-corrected chi connectivity index (χ0v) is 22.4. The summed E-state index contributed by atoms with van der Waals surface area (Å²) in [6.07, 6.45) is 1.02. The molecule has 0 spiro atoms. The van der Waals surface area contributed by atoms with Gasteiger partial charge in [-0.15, -0.1) is 0 Å².